The molecule has 4 nitrogen and oxygen atoms in total. The molecule has 1 atom stereocenters. The van der Waals surface area contributed by atoms with Crippen LogP contribution in [0.4, 0.5) is 0 Å². The molecule has 5 heteroatoms. The zero-order valence-electron chi connectivity index (χ0n) is 12.5. The van der Waals surface area contributed by atoms with Crippen LogP contribution in [0.1, 0.15) is 22.1 Å². The predicted molar refractivity (Wildman–Crippen MR) is 85.6 cm³/mol. The Bertz CT molecular complexity index is 621. The van der Waals surface area contributed by atoms with Gasteiger partial charge in [-0.1, -0.05) is 23.7 Å². The standard InChI is InChI=1S/C16H20ClN3O/c1-19(2)15(14-9-6-10-20(14)3)11-18-16(21)12-7-4-5-8-13(12)17/h4-10,15H,11H2,1-3H3,(H,18,21). The number of aromatic nitrogens is 1. The Morgan fingerprint density at radius 3 is 2.57 bits per heavy atom. The van der Waals surface area contributed by atoms with Gasteiger partial charge in [0.2, 0.25) is 0 Å². The number of nitrogens with zero attached hydrogens (tertiary/aromatic N) is 2. The summed E-state index contributed by atoms with van der Waals surface area (Å²) in [6.07, 6.45) is 2.00. The number of halogens is 1. The number of likely N-dealkylation sites (N-methyl/N-ethyl adjacent to an activating group) is 1. The highest BCUT2D eigenvalue weighted by Crippen LogP contribution is 2.18. The topological polar surface area (TPSA) is 37.3 Å². The summed E-state index contributed by atoms with van der Waals surface area (Å²) in [6, 6.07) is 11.2. The minimum Gasteiger partial charge on any atom is -0.353 e. The molecule has 0 saturated heterocycles. The van der Waals surface area contributed by atoms with E-state index in [4.69, 9.17) is 11.6 Å². The molecule has 0 bridgehead atoms. The number of rotatable bonds is 5. The first-order valence-electron chi connectivity index (χ1n) is 6.81. The number of aryl methyl sites for hydroxylation is 1. The molecule has 1 aromatic carbocycles. The molecule has 0 aliphatic carbocycles. The lowest BCUT2D eigenvalue weighted by Gasteiger charge is -2.25. The molecule has 112 valence electrons. The third-order valence-corrected chi connectivity index (χ3v) is 3.85. The maximum Gasteiger partial charge on any atom is 0.252 e. The summed E-state index contributed by atoms with van der Waals surface area (Å²) < 4.78 is 2.06. The van der Waals surface area contributed by atoms with Crippen LogP contribution in [0, 0.1) is 0 Å². The van der Waals surface area contributed by atoms with Crippen LogP contribution < -0.4 is 5.32 Å². The monoisotopic (exact) mass is 305 g/mol. The third kappa shape index (κ3) is 3.65. The van der Waals surface area contributed by atoms with Crippen molar-refractivity contribution in [2.75, 3.05) is 20.6 Å². The summed E-state index contributed by atoms with van der Waals surface area (Å²) in [5.74, 6) is -0.151. The maximum atomic E-state index is 12.2. The molecular formula is C16H20ClN3O. The Hall–Kier alpha value is -1.78. The lowest BCUT2D eigenvalue weighted by molar-refractivity contribution is 0.0941. The molecule has 1 aromatic heterocycles. The van der Waals surface area contributed by atoms with E-state index in [9.17, 15) is 4.79 Å². The smallest absolute Gasteiger partial charge is 0.252 e. The minimum atomic E-state index is -0.151. The number of hydrogen-bond donors (Lipinski definition) is 1. The van der Waals surface area contributed by atoms with Crippen LogP contribution in [0.3, 0.4) is 0 Å². The zero-order chi connectivity index (χ0) is 15.4. The highest BCUT2D eigenvalue weighted by atomic mass is 35.5. The summed E-state index contributed by atoms with van der Waals surface area (Å²) in [6.45, 7) is 0.523. The molecule has 1 unspecified atom stereocenters. The second kappa shape index (κ2) is 6.78. The van der Waals surface area contributed by atoms with Crippen LogP contribution in [0.2, 0.25) is 5.02 Å². The predicted octanol–water partition coefficient (Wildman–Crippen LogP) is 2.71. The van der Waals surface area contributed by atoms with Crippen molar-refractivity contribution in [2.45, 2.75) is 6.04 Å². The molecule has 0 fully saturated rings. The van der Waals surface area contributed by atoms with Crippen molar-refractivity contribution < 1.29 is 4.79 Å². The Kier molecular flexibility index (Phi) is 5.04. The van der Waals surface area contributed by atoms with E-state index in [0.717, 1.165) is 5.69 Å². The molecule has 2 rings (SSSR count). The van der Waals surface area contributed by atoms with Gasteiger partial charge in [-0.05, 0) is 38.4 Å². The summed E-state index contributed by atoms with van der Waals surface area (Å²) in [5.41, 5.74) is 1.66. The van der Waals surface area contributed by atoms with Gasteiger partial charge in [-0.2, -0.15) is 0 Å². The number of benzene rings is 1. The highest BCUT2D eigenvalue weighted by Gasteiger charge is 2.18. The van der Waals surface area contributed by atoms with Crippen LogP contribution in [0.25, 0.3) is 0 Å². The van der Waals surface area contributed by atoms with Gasteiger partial charge in [0, 0.05) is 25.5 Å². The molecule has 1 heterocycles. The molecule has 1 N–H and O–H groups in total. The Morgan fingerprint density at radius 2 is 2.00 bits per heavy atom. The second-order valence-electron chi connectivity index (χ2n) is 5.21. The minimum absolute atomic E-state index is 0.108. The van der Waals surface area contributed by atoms with Gasteiger partial charge < -0.3 is 9.88 Å². The second-order valence-corrected chi connectivity index (χ2v) is 5.62. The van der Waals surface area contributed by atoms with Crippen molar-refractivity contribution in [3.63, 3.8) is 0 Å². The average molecular weight is 306 g/mol. The lowest BCUT2D eigenvalue weighted by Crippen LogP contribution is -2.35. The van der Waals surface area contributed by atoms with Gasteiger partial charge in [0.05, 0.1) is 16.6 Å². The summed E-state index contributed by atoms with van der Waals surface area (Å²) in [7, 11) is 6.00. The number of carbonyl (C=O) groups is 1. The highest BCUT2D eigenvalue weighted by molar-refractivity contribution is 6.33. The van der Waals surface area contributed by atoms with E-state index in [1.807, 2.05) is 39.5 Å². The first kappa shape index (κ1) is 15.6. The molecule has 0 aliphatic rings. The van der Waals surface area contributed by atoms with Gasteiger partial charge in [-0.25, -0.2) is 0 Å². The van der Waals surface area contributed by atoms with Crippen molar-refractivity contribution in [1.82, 2.24) is 14.8 Å². The van der Waals surface area contributed by atoms with Gasteiger partial charge in [-0.3, -0.25) is 9.69 Å². The van der Waals surface area contributed by atoms with Gasteiger partial charge in [0.25, 0.3) is 5.91 Å². The number of hydrogen-bond acceptors (Lipinski definition) is 2. The Morgan fingerprint density at radius 1 is 1.29 bits per heavy atom. The molecule has 0 aliphatic heterocycles. The number of nitrogens with one attached hydrogen (secondary N) is 1. The first-order valence-corrected chi connectivity index (χ1v) is 7.19. The molecule has 0 saturated carbocycles. The van der Waals surface area contributed by atoms with Crippen LogP contribution in [-0.2, 0) is 7.05 Å². The zero-order valence-corrected chi connectivity index (χ0v) is 13.3. The summed E-state index contributed by atoms with van der Waals surface area (Å²) in [5, 5.41) is 3.43. The Balaban J connectivity index is 2.08. The van der Waals surface area contributed by atoms with E-state index in [-0.39, 0.29) is 11.9 Å². The van der Waals surface area contributed by atoms with E-state index in [2.05, 4.69) is 20.9 Å². The fourth-order valence-corrected chi connectivity index (χ4v) is 2.52. The van der Waals surface area contributed by atoms with Gasteiger partial charge in [0.1, 0.15) is 0 Å². The van der Waals surface area contributed by atoms with Crippen LogP contribution in [0.15, 0.2) is 42.6 Å². The van der Waals surface area contributed by atoms with Gasteiger partial charge in [-0.15, -0.1) is 0 Å². The van der Waals surface area contributed by atoms with Crippen molar-refractivity contribution >= 4 is 17.5 Å². The van der Waals surface area contributed by atoms with Crippen molar-refractivity contribution in [1.29, 1.82) is 0 Å². The van der Waals surface area contributed by atoms with Crippen LogP contribution >= 0.6 is 11.6 Å². The van der Waals surface area contributed by atoms with Crippen molar-refractivity contribution in [3.05, 3.63) is 58.9 Å². The summed E-state index contributed by atoms with van der Waals surface area (Å²) in [4.78, 5) is 14.3. The molecule has 0 spiro atoms. The largest absolute Gasteiger partial charge is 0.353 e. The number of carbonyl (C=O) groups excluding carboxylic acids is 1. The quantitative estimate of drug-likeness (QED) is 0.922. The van der Waals surface area contributed by atoms with Crippen molar-refractivity contribution in [2.24, 2.45) is 7.05 Å². The van der Waals surface area contributed by atoms with E-state index in [1.165, 1.54) is 0 Å². The van der Waals surface area contributed by atoms with E-state index in [1.54, 1.807) is 18.2 Å². The average Bonchev–Trinajstić information content (AvgIpc) is 2.85. The fraction of sp³-hybridized carbons (Fsp3) is 0.312. The molecule has 2 aromatic rings. The van der Waals surface area contributed by atoms with E-state index >= 15 is 0 Å². The molecule has 21 heavy (non-hydrogen) atoms. The normalized spacial score (nSPS) is 12.4. The van der Waals surface area contributed by atoms with Gasteiger partial charge >= 0.3 is 0 Å². The van der Waals surface area contributed by atoms with E-state index < -0.39 is 0 Å². The molecule has 1 amide bonds. The van der Waals surface area contributed by atoms with Gasteiger partial charge in [0.15, 0.2) is 0 Å². The molecular weight excluding hydrogens is 286 g/mol. The van der Waals surface area contributed by atoms with Crippen LogP contribution in [-0.4, -0.2) is 36.0 Å². The number of amides is 1. The van der Waals surface area contributed by atoms with Crippen molar-refractivity contribution in [3.8, 4) is 0 Å². The summed E-state index contributed by atoms with van der Waals surface area (Å²) >= 11 is 6.05. The van der Waals surface area contributed by atoms with E-state index in [0.29, 0.717) is 17.1 Å². The fourth-order valence-electron chi connectivity index (χ4n) is 2.30. The third-order valence-electron chi connectivity index (χ3n) is 3.52. The molecule has 0 radical (unpaired) electrons. The Labute approximate surface area is 130 Å². The first-order chi connectivity index (χ1) is 10.0. The van der Waals surface area contributed by atoms with Crippen LogP contribution in [0.5, 0.6) is 0 Å². The maximum absolute atomic E-state index is 12.2. The lowest BCUT2D eigenvalue weighted by atomic mass is 10.1. The SMILES string of the molecule is CN(C)C(CNC(=O)c1ccccc1Cl)c1cccn1C.